The third-order valence-corrected chi connectivity index (χ3v) is 6.02. The Bertz CT molecular complexity index is 1360. The third-order valence-electron chi connectivity index (χ3n) is 6.02. The summed E-state index contributed by atoms with van der Waals surface area (Å²) in [6.45, 7) is 3.85. The minimum absolute atomic E-state index is 0.369. The molecule has 38 heavy (non-hydrogen) atoms. The molecule has 4 rings (SSSR count). The number of hydrogen-bond donors (Lipinski definition) is 4. The number of methoxy groups -OCH3 is 2. The molecule has 0 aliphatic heterocycles. The van der Waals surface area contributed by atoms with Gasteiger partial charge in [-0.2, -0.15) is 0 Å². The first-order chi connectivity index (χ1) is 18.4. The van der Waals surface area contributed by atoms with E-state index in [9.17, 15) is 9.59 Å². The Morgan fingerprint density at radius 1 is 0.526 bits per heavy atom. The Hall–Kier alpha value is -4.98. The molecule has 0 atom stereocenters. The van der Waals surface area contributed by atoms with Gasteiger partial charge in [0, 0.05) is 11.4 Å². The zero-order valence-corrected chi connectivity index (χ0v) is 21.7. The van der Waals surface area contributed by atoms with Gasteiger partial charge in [0.15, 0.2) is 0 Å². The van der Waals surface area contributed by atoms with Gasteiger partial charge in [-0.05, 0) is 72.5 Å². The van der Waals surface area contributed by atoms with Crippen molar-refractivity contribution in [2.75, 3.05) is 35.5 Å². The summed E-state index contributed by atoms with van der Waals surface area (Å²) in [7, 11) is 3.09. The van der Waals surface area contributed by atoms with Crippen LogP contribution in [0.1, 0.15) is 11.1 Å². The van der Waals surface area contributed by atoms with Crippen LogP contribution < -0.4 is 30.7 Å². The van der Waals surface area contributed by atoms with Crippen molar-refractivity contribution in [1.82, 2.24) is 0 Å². The summed E-state index contributed by atoms with van der Waals surface area (Å²) in [5, 5.41) is 11.4. The minimum atomic E-state index is -0.369. The average molecular weight is 511 g/mol. The first-order valence-electron chi connectivity index (χ1n) is 12.0. The fourth-order valence-corrected chi connectivity index (χ4v) is 3.93. The first kappa shape index (κ1) is 26.1. The zero-order valence-electron chi connectivity index (χ0n) is 21.7. The van der Waals surface area contributed by atoms with Crippen molar-refractivity contribution in [2.24, 2.45) is 0 Å². The van der Waals surface area contributed by atoms with Crippen LogP contribution in [0, 0.1) is 13.8 Å². The predicted molar refractivity (Wildman–Crippen MR) is 153 cm³/mol. The summed E-state index contributed by atoms with van der Waals surface area (Å²) in [5.74, 6) is 1.00. The number of carbonyl (C=O) groups excluding carboxylic acids is 2. The molecule has 0 aliphatic rings. The Morgan fingerprint density at radius 3 is 1.26 bits per heavy atom. The van der Waals surface area contributed by atoms with Crippen LogP contribution in [0.4, 0.5) is 32.3 Å². The van der Waals surface area contributed by atoms with Crippen molar-refractivity contribution in [1.29, 1.82) is 0 Å². The van der Waals surface area contributed by atoms with Gasteiger partial charge in [0.25, 0.3) is 0 Å². The van der Waals surface area contributed by atoms with Crippen LogP contribution in [-0.2, 0) is 0 Å². The second-order valence-electron chi connectivity index (χ2n) is 8.62. The maximum absolute atomic E-state index is 12.6. The van der Waals surface area contributed by atoms with E-state index >= 15 is 0 Å². The lowest BCUT2D eigenvalue weighted by atomic mass is 10.0. The van der Waals surface area contributed by atoms with Gasteiger partial charge in [0.1, 0.15) is 11.5 Å². The van der Waals surface area contributed by atoms with E-state index < -0.39 is 0 Å². The molecule has 0 radical (unpaired) electrons. The molecule has 0 heterocycles. The number of nitrogens with one attached hydrogen (secondary N) is 4. The number of benzene rings is 4. The van der Waals surface area contributed by atoms with Crippen LogP contribution in [-0.4, -0.2) is 26.3 Å². The number of hydrogen-bond acceptors (Lipinski definition) is 4. The molecule has 4 aromatic carbocycles. The van der Waals surface area contributed by atoms with Crippen molar-refractivity contribution in [3.05, 3.63) is 96.1 Å². The van der Waals surface area contributed by atoms with Crippen LogP contribution in [0.3, 0.4) is 0 Å². The van der Waals surface area contributed by atoms with Gasteiger partial charge in [-0.25, -0.2) is 9.59 Å². The smallest absolute Gasteiger partial charge is 0.323 e. The molecule has 194 valence electrons. The topological polar surface area (TPSA) is 101 Å². The Balaban J connectivity index is 1.49. The highest BCUT2D eigenvalue weighted by molar-refractivity contribution is 6.02. The van der Waals surface area contributed by atoms with E-state index in [0.29, 0.717) is 22.9 Å². The van der Waals surface area contributed by atoms with E-state index in [1.54, 1.807) is 26.4 Å². The van der Waals surface area contributed by atoms with Crippen molar-refractivity contribution >= 4 is 34.8 Å². The Labute approximate surface area is 222 Å². The maximum atomic E-state index is 12.6. The third kappa shape index (κ3) is 6.22. The molecule has 0 unspecified atom stereocenters. The molecule has 0 aliphatic carbocycles. The van der Waals surface area contributed by atoms with Gasteiger partial charge in [0.2, 0.25) is 0 Å². The second kappa shape index (κ2) is 11.8. The summed E-state index contributed by atoms with van der Waals surface area (Å²) >= 11 is 0. The lowest BCUT2D eigenvalue weighted by Gasteiger charge is -2.15. The first-order valence-corrected chi connectivity index (χ1v) is 12.0. The van der Waals surface area contributed by atoms with Gasteiger partial charge in [-0.1, -0.05) is 48.5 Å². The molecule has 0 aromatic heterocycles. The van der Waals surface area contributed by atoms with Crippen LogP contribution in [0.15, 0.2) is 84.9 Å². The molecule has 0 fully saturated rings. The molecule has 0 spiro atoms. The molecular weight excluding hydrogens is 480 g/mol. The summed E-state index contributed by atoms with van der Waals surface area (Å²) in [5.41, 5.74) is 6.14. The van der Waals surface area contributed by atoms with Crippen molar-refractivity contribution < 1.29 is 19.1 Å². The van der Waals surface area contributed by atoms with E-state index in [2.05, 4.69) is 21.3 Å². The van der Waals surface area contributed by atoms with Crippen LogP contribution in [0.25, 0.3) is 11.1 Å². The van der Waals surface area contributed by atoms with Gasteiger partial charge in [0.05, 0.1) is 25.6 Å². The maximum Gasteiger partial charge on any atom is 0.323 e. The molecule has 0 bridgehead atoms. The summed E-state index contributed by atoms with van der Waals surface area (Å²) < 4.78 is 11.1. The van der Waals surface area contributed by atoms with Gasteiger partial charge in [-0.3, -0.25) is 0 Å². The Kier molecular flexibility index (Phi) is 8.13. The van der Waals surface area contributed by atoms with Crippen molar-refractivity contribution in [2.45, 2.75) is 13.8 Å². The van der Waals surface area contributed by atoms with Gasteiger partial charge in [-0.15, -0.1) is 0 Å². The number of carbonyl (C=O) groups is 2. The Morgan fingerprint density at radius 2 is 0.895 bits per heavy atom. The monoisotopic (exact) mass is 510 g/mol. The van der Waals surface area contributed by atoms with Crippen LogP contribution >= 0.6 is 0 Å². The van der Waals surface area contributed by atoms with Gasteiger partial charge >= 0.3 is 12.1 Å². The highest BCUT2D eigenvalue weighted by atomic mass is 16.5. The zero-order chi connectivity index (χ0) is 27.1. The average Bonchev–Trinajstić information content (AvgIpc) is 2.91. The van der Waals surface area contributed by atoms with Gasteiger partial charge < -0.3 is 30.7 Å². The fourth-order valence-electron chi connectivity index (χ4n) is 3.93. The number of anilines is 4. The van der Waals surface area contributed by atoms with E-state index in [4.69, 9.17) is 9.47 Å². The SMILES string of the molecule is COc1cc(-c2ccc(NC(=O)Nc3ccccc3C)c(OC)c2)ccc1NC(=O)Nc1ccccc1C. The minimum Gasteiger partial charge on any atom is -0.495 e. The molecular formula is C30H30N4O4. The van der Waals surface area contributed by atoms with E-state index in [1.165, 1.54) is 0 Å². The van der Waals surface area contributed by atoms with Crippen molar-refractivity contribution in [3.8, 4) is 22.6 Å². The highest BCUT2D eigenvalue weighted by Crippen LogP contribution is 2.35. The fraction of sp³-hybridized carbons (Fsp3) is 0.133. The lowest BCUT2D eigenvalue weighted by molar-refractivity contribution is 0.261. The molecule has 4 amide bonds. The summed E-state index contributed by atoms with van der Waals surface area (Å²) in [6.07, 6.45) is 0. The number of amides is 4. The molecule has 0 saturated carbocycles. The normalized spacial score (nSPS) is 10.3. The molecule has 0 saturated heterocycles. The number of urea groups is 2. The number of aryl methyl sites for hydroxylation is 2. The number of rotatable bonds is 7. The molecule has 4 N–H and O–H groups in total. The number of para-hydroxylation sites is 2. The molecule has 4 aromatic rings. The number of ether oxygens (including phenoxy) is 2. The summed E-state index contributed by atoms with van der Waals surface area (Å²) in [4.78, 5) is 25.1. The van der Waals surface area contributed by atoms with E-state index in [0.717, 1.165) is 33.6 Å². The van der Waals surface area contributed by atoms with Crippen molar-refractivity contribution in [3.63, 3.8) is 0 Å². The highest BCUT2D eigenvalue weighted by Gasteiger charge is 2.13. The lowest BCUT2D eigenvalue weighted by Crippen LogP contribution is -2.20. The standard InChI is InChI=1S/C30H30N4O4/c1-19-9-5-7-11-23(19)31-29(35)33-25-15-13-21(17-27(25)37-3)22-14-16-26(28(18-22)38-4)34-30(36)32-24-12-8-6-10-20(24)2/h5-18H,1-4H3,(H2,31,33,35)(H2,32,34,36). The van der Waals surface area contributed by atoms with E-state index in [-0.39, 0.29) is 12.1 Å². The van der Waals surface area contributed by atoms with Crippen LogP contribution in [0.5, 0.6) is 11.5 Å². The predicted octanol–water partition coefficient (Wildman–Crippen LogP) is 7.28. The summed E-state index contributed by atoms with van der Waals surface area (Å²) in [6, 6.07) is 25.3. The van der Waals surface area contributed by atoms with Crippen LogP contribution in [0.2, 0.25) is 0 Å². The molecule has 8 nitrogen and oxygen atoms in total. The quantitative estimate of drug-likeness (QED) is 0.210. The second-order valence-corrected chi connectivity index (χ2v) is 8.62. The largest absolute Gasteiger partial charge is 0.495 e. The van der Waals surface area contributed by atoms with E-state index in [1.807, 2.05) is 86.6 Å². The molecule has 8 heteroatoms.